The van der Waals surface area contributed by atoms with Gasteiger partial charge in [0.25, 0.3) is 0 Å². The standard InChI is InChI=1S/C13H18N2O3S/c1-9-10(19-8-15-9)7-14-11(16)6-13(12(17)18)4-2-3-5-13/h8H,2-7H2,1H3,(H,14,16)(H,17,18). The second-order valence-corrected chi connectivity index (χ2v) is 6.05. The van der Waals surface area contributed by atoms with Crippen molar-refractivity contribution >= 4 is 23.2 Å². The Kier molecular flexibility index (Phi) is 4.19. The molecule has 2 rings (SSSR count). The molecular formula is C13H18N2O3S. The normalized spacial score (nSPS) is 17.3. The Labute approximate surface area is 116 Å². The number of aromatic nitrogens is 1. The van der Waals surface area contributed by atoms with Crippen molar-refractivity contribution in [1.29, 1.82) is 0 Å². The minimum atomic E-state index is -0.840. The molecule has 0 unspecified atom stereocenters. The van der Waals surface area contributed by atoms with E-state index in [0.29, 0.717) is 19.4 Å². The molecule has 1 amide bonds. The number of rotatable bonds is 5. The van der Waals surface area contributed by atoms with Crippen molar-refractivity contribution in [2.24, 2.45) is 5.41 Å². The van der Waals surface area contributed by atoms with Crippen LogP contribution in [-0.2, 0) is 16.1 Å². The molecule has 5 nitrogen and oxygen atoms in total. The van der Waals surface area contributed by atoms with Gasteiger partial charge in [-0.2, -0.15) is 0 Å². The summed E-state index contributed by atoms with van der Waals surface area (Å²) in [4.78, 5) is 28.4. The first-order valence-electron chi connectivity index (χ1n) is 6.42. The maximum atomic E-state index is 11.9. The molecule has 1 fully saturated rings. The van der Waals surface area contributed by atoms with E-state index in [1.54, 1.807) is 5.51 Å². The maximum absolute atomic E-state index is 11.9. The topological polar surface area (TPSA) is 79.3 Å². The summed E-state index contributed by atoms with van der Waals surface area (Å²) in [6.45, 7) is 2.33. The number of hydrogen-bond donors (Lipinski definition) is 2. The van der Waals surface area contributed by atoms with Gasteiger partial charge in [0.05, 0.1) is 23.2 Å². The zero-order valence-electron chi connectivity index (χ0n) is 10.9. The summed E-state index contributed by atoms with van der Waals surface area (Å²) < 4.78 is 0. The minimum absolute atomic E-state index is 0.0835. The predicted octanol–water partition coefficient (Wildman–Crippen LogP) is 2.10. The lowest BCUT2D eigenvalue weighted by Gasteiger charge is -2.22. The fourth-order valence-electron chi connectivity index (χ4n) is 2.56. The molecule has 1 aromatic rings. The highest BCUT2D eigenvalue weighted by molar-refractivity contribution is 7.09. The summed E-state index contributed by atoms with van der Waals surface area (Å²) in [5.74, 6) is -1.02. The zero-order chi connectivity index (χ0) is 13.9. The highest BCUT2D eigenvalue weighted by Crippen LogP contribution is 2.41. The van der Waals surface area contributed by atoms with Gasteiger partial charge in [0, 0.05) is 11.3 Å². The van der Waals surface area contributed by atoms with Crippen molar-refractivity contribution in [2.75, 3.05) is 0 Å². The molecule has 2 N–H and O–H groups in total. The summed E-state index contributed by atoms with van der Waals surface area (Å²) in [7, 11) is 0. The Hall–Kier alpha value is -1.43. The van der Waals surface area contributed by atoms with Crippen LogP contribution < -0.4 is 5.32 Å². The number of nitrogens with zero attached hydrogens (tertiary/aromatic N) is 1. The Bertz CT molecular complexity index is 478. The molecule has 1 saturated carbocycles. The summed E-state index contributed by atoms with van der Waals surface area (Å²) in [6, 6.07) is 0. The molecule has 6 heteroatoms. The van der Waals surface area contributed by atoms with Crippen LogP contribution in [0.5, 0.6) is 0 Å². The van der Waals surface area contributed by atoms with Crippen molar-refractivity contribution in [3.05, 3.63) is 16.1 Å². The number of nitrogens with one attached hydrogen (secondary N) is 1. The number of carbonyl (C=O) groups excluding carboxylic acids is 1. The first-order chi connectivity index (χ1) is 9.03. The van der Waals surface area contributed by atoms with Crippen LogP contribution in [0.3, 0.4) is 0 Å². The van der Waals surface area contributed by atoms with Crippen LogP contribution in [0.25, 0.3) is 0 Å². The van der Waals surface area contributed by atoms with E-state index in [2.05, 4.69) is 10.3 Å². The first kappa shape index (κ1) is 14.0. The SMILES string of the molecule is Cc1ncsc1CNC(=O)CC1(C(=O)O)CCCC1. The molecule has 104 valence electrons. The monoisotopic (exact) mass is 282 g/mol. The van der Waals surface area contributed by atoms with Crippen LogP contribution in [0.15, 0.2) is 5.51 Å². The van der Waals surface area contributed by atoms with Gasteiger partial charge >= 0.3 is 5.97 Å². The van der Waals surface area contributed by atoms with Gasteiger partial charge in [0.1, 0.15) is 0 Å². The van der Waals surface area contributed by atoms with Gasteiger partial charge in [-0.3, -0.25) is 9.59 Å². The highest BCUT2D eigenvalue weighted by Gasteiger charge is 2.42. The molecule has 1 aliphatic carbocycles. The van der Waals surface area contributed by atoms with E-state index in [4.69, 9.17) is 0 Å². The van der Waals surface area contributed by atoms with Crippen LogP contribution in [-0.4, -0.2) is 22.0 Å². The van der Waals surface area contributed by atoms with E-state index in [1.165, 1.54) is 11.3 Å². The fraction of sp³-hybridized carbons (Fsp3) is 0.615. The van der Waals surface area contributed by atoms with E-state index >= 15 is 0 Å². The molecule has 0 saturated heterocycles. The molecular weight excluding hydrogens is 264 g/mol. The molecule has 0 aromatic carbocycles. The van der Waals surface area contributed by atoms with Gasteiger partial charge in [0.15, 0.2) is 0 Å². The second-order valence-electron chi connectivity index (χ2n) is 5.11. The third-order valence-electron chi connectivity index (χ3n) is 3.80. The fourth-order valence-corrected chi connectivity index (χ4v) is 3.28. The predicted molar refractivity (Wildman–Crippen MR) is 71.9 cm³/mol. The van der Waals surface area contributed by atoms with Gasteiger partial charge in [-0.05, 0) is 19.8 Å². The number of carboxylic acid groups (broad SMARTS) is 1. The molecule has 0 bridgehead atoms. The van der Waals surface area contributed by atoms with Crippen molar-refractivity contribution < 1.29 is 14.7 Å². The molecule has 1 heterocycles. The van der Waals surface area contributed by atoms with Gasteiger partial charge in [0.2, 0.25) is 5.91 Å². The van der Waals surface area contributed by atoms with Gasteiger partial charge in [-0.25, -0.2) is 4.98 Å². The van der Waals surface area contributed by atoms with Crippen molar-refractivity contribution in [2.45, 2.75) is 45.6 Å². The van der Waals surface area contributed by atoms with E-state index in [1.807, 2.05) is 6.92 Å². The van der Waals surface area contributed by atoms with Crippen LogP contribution in [0.4, 0.5) is 0 Å². The van der Waals surface area contributed by atoms with Crippen molar-refractivity contribution in [3.63, 3.8) is 0 Å². The first-order valence-corrected chi connectivity index (χ1v) is 7.30. The largest absolute Gasteiger partial charge is 0.481 e. The molecule has 1 aromatic heterocycles. The molecule has 0 aliphatic heterocycles. The molecule has 19 heavy (non-hydrogen) atoms. The Morgan fingerprint density at radius 2 is 2.16 bits per heavy atom. The van der Waals surface area contributed by atoms with E-state index in [9.17, 15) is 14.7 Å². The van der Waals surface area contributed by atoms with Crippen LogP contribution in [0, 0.1) is 12.3 Å². The third kappa shape index (κ3) is 3.12. The molecule has 0 radical (unpaired) electrons. The average molecular weight is 282 g/mol. The van der Waals surface area contributed by atoms with Crippen LogP contribution in [0.2, 0.25) is 0 Å². The van der Waals surface area contributed by atoms with E-state index in [-0.39, 0.29) is 12.3 Å². The minimum Gasteiger partial charge on any atom is -0.481 e. The summed E-state index contributed by atoms with van der Waals surface area (Å²) in [6.07, 6.45) is 3.09. The Morgan fingerprint density at radius 3 is 2.68 bits per heavy atom. The molecule has 1 aliphatic rings. The number of aryl methyl sites for hydroxylation is 1. The number of hydrogen-bond acceptors (Lipinski definition) is 4. The quantitative estimate of drug-likeness (QED) is 0.866. The Balaban J connectivity index is 1.90. The lowest BCUT2D eigenvalue weighted by Crippen LogP contribution is -2.35. The Morgan fingerprint density at radius 1 is 1.47 bits per heavy atom. The number of carbonyl (C=O) groups is 2. The van der Waals surface area contributed by atoms with Crippen LogP contribution >= 0.6 is 11.3 Å². The number of aliphatic carboxylic acids is 1. The average Bonchev–Trinajstić information content (AvgIpc) is 2.97. The molecule has 0 atom stereocenters. The second kappa shape index (κ2) is 5.69. The summed E-state index contributed by atoms with van der Waals surface area (Å²) in [5.41, 5.74) is 1.82. The molecule has 0 spiro atoms. The summed E-state index contributed by atoms with van der Waals surface area (Å²) >= 11 is 1.50. The number of carboxylic acids is 1. The van der Waals surface area contributed by atoms with Gasteiger partial charge in [-0.15, -0.1) is 11.3 Å². The third-order valence-corrected chi connectivity index (χ3v) is 4.74. The van der Waals surface area contributed by atoms with Gasteiger partial charge in [-0.1, -0.05) is 12.8 Å². The van der Waals surface area contributed by atoms with Crippen molar-refractivity contribution in [1.82, 2.24) is 10.3 Å². The zero-order valence-corrected chi connectivity index (χ0v) is 11.8. The van der Waals surface area contributed by atoms with E-state index < -0.39 is 11.4 Å². The van der Waals surface area contributed by atoms with Gasteiger partial charge < -0.3 is 10.4 Å². The maximum Gasteiger partial charge on any atom is 0.310 e. The van der Waals surface area contributed by atoms with Crippen molar-refractivity contribution in [3.8, 4) is 0 Å². The lowest BCUT2D eigenvalue weighted by molar-refractivity contribution is -0.151. The highest BCUT2D eigenvalue weighted by atomic mass is 32.1. The summed E-state index contributed by atoms with van der Waals surface area (Å²) in [5, 5.41) is 12.1. The van der Waals surface area contributed by atoms with Crippen LogP contribution in [0.1, 0.15) is 42.7 Å². The van der Waals surface area contributed by atoms with E-state index in [0.717, 1.165) is 23.4 Å². The number of thiazole rings is 1. The lowest BCUT2D eigenvalue weighted by atomic mass is 9.82. The number of amides is 1. The smallest absolute Gasteiger partial charge is 0.310 e.